The largest absolute Gasteiger partial charge is 0.507 e. The number of benzene rings is 3. The lowest BCUT2D eigenvalue weighted by molar-refractivity contribution is -0.132. The summed E-state index contributed by atoms with van der Waals surface area (Å²) >= 11 is 6.39. The van der Waals surface area contributed by atoms with Crippen LogP contribution in [0.5, 0.6) is 11.5 Å². The second kappa shape index (κ2) is 10.3. The van der Waals surface area contributed by atoms with Crippen LogP contribution in [0.1, 0.15) is 24.1 Å². The van der Waals surface area contributed by atoms with Crippen molar-refractivity contribution in [1.82, 2.24) is 0 Å². The number of anilines is 2. The second-order valence-corrected chi connectivity index (χ2v) is 8.84. The summed E-state index contributed by atoms with van der Waals surface area (Å²) in [4.78, 5) is 30.2. The van der Waals surface area contributed by atoms with Crippen LogP contribution in [-0.2, 0) is 9.59 Å². The number of ether oxygens (including phenoxy) is 2. The highest BCUT2D eigenvalue weighted by Crippen LogP contribution is 2.44. The maximum Gasteiger partial charge on any atom is 0.300 e. The van der Waals surface area contributed by atoms with E-state index in [1.807, 2.05) is 38.1 Å². The Morgan fingerprint density at radius 1 is 1.03 bits per heavy atom. The van der Waals surface area contributed by atoms with E-state index in [2.05, 4.69) is 0 Å². The number of hydrogen-bond acceptors (Lipinski definition) is 6. The highest BCUT2D eigenvalue weighted by atomic mass is 35.5. The molecule has 1 N–H and O–H groups in total. The van der Waals surface area contributed by atoms with Crippen molar-refractivity contribution in [3.05, 3.63) is 88.5 Å². The fourth-order valence-corrected chi connectivity index (χ4v) is 4.43. The number of carbonyl (C=O) groups excluding carboxylic acids is 2. The first-order valence-electron chi connectivity index (χ1n) is 11.4. The Morgan fingerprint density at radius 3 is 2.39 bits per heavy atom. The number of methoxy groups -OCH3 is 1. The number of ketones is 1. The second-order valence-electron chi connectivity index (χ2n) is 8.43. The maximum atomic E-state index is 13.4. The summed E-state index contributed by atoms with van der Waals surface area (Å²) in [5.41, 5.74) is 2.19. The molecule has 7 nitrogen and oxygen atoms in total. The lowest BCUT2D eigenvalue weighted by Crippen LogP contribution is -2.29. The average molecular weight is 507 g/mol. The SMILES string of the molecule is CCOc1cccc(C2/C(=C(\O)c3cc(OC)ccc3Cl)C(=O)C(=O)N2c2ccc(N(C)C)cc2)c1. The standard InChI is InChI=1S/C28H27ClN2O5/c1-5-36-21-8-6-7-17(15-21)25-24(26(32)22-16-20(35-4)13-14-23(22)29)27(33)28(34)31(25)19-11-9-18(10-12-19)30(2)3/h6-16,25,32H,5H2,1-4H3/b26-24+. The van der Waals surface area contributed by atoms with Gasteiger partial charge in [-0.25, -0.2) is 0 Å². The van der Waals surface area contributed by atoms with Gasteiger partial charge in [-0.15, -0.1) is 0 Å². The molecule has 0 radical (unpaired) electrons. The van der Waals surface area contributed by atoms with E-state index in [0.717, 1.165) is 5.69 Å². The van der Waals surface area contributed by atoms with Crippen LogP contribution in [-0.4, -0.2) is 44.6 Å². The van der Waals surface area contributed by atoms with Gasteiger partial charge in [0.15, 0.2) is 0 Å². The van der Waals surface area contributed by atoms with Crippen LogP contribution in [0.2, 0.25) is 5.02 Å². The quantitative estimate of drug-likeness (QED) is 0.261. The van der Waals surface area contributed by atoms with E-state index in [1.54, 1.807) is 48.5 Å². The van der Waals surface area contributed by atoms with Gasteiger partial charge < -0.3 is 19.5 Å². The van der Waals surface area contributed by atoms with Gasteiger partial charge >= 0.3 is 0 Å². The molecule has 186 valence electrons. The highest BCUT2D eigenvalue weighted by Gasteiger charge is 2.47. The first kappa shape index (κ1) is 25.1. The van der Waals surface area contributed by atoms with Gasteiger partial charge in [-0.05, 0) is 67.1 Å². The van der Waals surface area contributed by atoms with E-state index in [0.29, 0.717) is 29.4 Å². The minimum atomic E-state index is -0.905. The Labute approximate surface area is 215 Å². The van der Waals surface area contributed by atoms with Crippen LogP contribution >= 0.6 is 11.6 Å². The summed E-state index contributed by atoms with van der Waals surface area (Å²) in [5, 5.41) is 11.6. The number of amides is 1. The Kier molecular flexibility index (Phi) is 7.22. The van der Waals surface area contributed by atoms with E-state index >= 15 is 0 Å². The van der Waals surface area contributed by atoms with Gasteiger partial charge in [-0.2, -0.15) is 0 Å². The van der Waals surface area contributed by atoms with E-state index in [4.69, 9.17) is 21.1 Å². The highest BCUT2D eigenvalue weighted by molar-refractivity contribution is 6.52. The van der Waals surface area contributed by atoms with Gasteiger partial charge in [0.25, 0.3) is 11.7 Å². The first-order valence-corrected chi connectivity index (χ1v) is 11.8. The van der Waals surface area contributed by atoms with Gasteiger partial charge in [0.2, 0.25) is 0 Å². The molecule has 1 aliphatic heterocycles. The number of nitrogens with zero attached hydrogens (tertiary/aromatic N) is 2. The molecule has 3 aromatic rings. The lowest BCUT2D eigenvalue weighted by Gasteiger charge is -2.26. The number of carbonyl (C=O) groups is 2. The molecule has 1 saturated heterocycles. The van der Waals surface area contributed by atoms with Crippen LogP contribution in [0.25, 0.3) is 5.76 Å². The van der Waals surface area contributed by atoms with Crippen molar-refractivity contribution in [2.24, 2.45) is 0 Å². The van der Waals surface area contributed by atoms with Crippen LogP contribution in [0.3, 0.4) is 0 Å². The monoisotopic (exact) mass is 506 g/mol. The molecule has 1 heterocycles. The van der Waals surface area contributed by atoms with Crippen LogP contribution < -0.4 is 19.3 Å². The van der Waals surface area contributed by atoms with Crippen molar-refractivity contribution in [3.63, 3.8) is 0 Å². The van der Waals surface area contributed by atoms with Crippen LogP contribution in [0.15, 0.2) is 72.3 Å². The van der Waals surface area contributed by atoms with E-state index in [-0.39, 0.29) is 21.9 Å². The number of aliphatic hydroxyl groups is 1. The molecule has 0 spiro atoms. The Bertz CT molecular complexity index is 1330. The molecule has 1 aliphatic rings. The third-order valence-electron chi connectivity index (χ3n) is 6.00. The number of Topliss-reactive ketones (excluding diaryl/α,β-unsaturated/α-hetero) is 1. The molecule has 4 rings (SSSR count). The third-order valence-corrected chi connectivity index (χ3v) is 6.33. The van der Waals surface area contributed by atoms with Crippen molar-refractivity contribution in [3.8, 4) is 11.5 Å². The fraction of sp³-hybridized carbons (Fsp3) is 0.214. The molecule has 1 amide bonds. The molecule has 0 aliphatic carbocycles. The Balaban J connectivity index is 1.94. The topological polar surface area (TPSA) is 79.3 Å². The predicted molar refractivity (Wildman–Crippen MR) is 141 cm³/mol. The molecule has 1 unspecified atom stereocenters. The normalized spacial score (nSPS) is 16.8. The van der Waals surface area contributed by atoms with Crippen LogP contribution in [0, 0.1) is 0 Å². The van der Waals surface area contributed by atoms with Gasteiger partial charge in [-0.1, -0.05) is 23.7 Å². The molecule has 0 aromatic heterocycles. The summed E-state index contributed by atoms with van der Waals surface area (Å²) in [7, 11) is 5.32. The zero-order valence-electron chi connectivity index (χ0n) is 20.5. The van der Waals surface area contributed by atoms with Gasteiger partial charge in [-0.3, -0.25) is 14.5 Å². The minimum absolute atomic E-state index is 0.0690. The van der Waals surface area contributed by atoms with Crippen molar-refractivity contribution < 1.29 is 24.2 Å². The molecule has 0 bridgehead atoms. The first-order chi connectivity index (χ1) is 17.3. The van der Waals surface area contributed by atoms with E-state index in [9.17, 15) is 14.7 Å². The Morgan fingerprint density at radius 2 is 1.75 bits per heavy atom. The smallest absolute Gasteiger partial charge is 0.300 e. The molecule has 1 fully saturated rings. The summed E-state index contributed by atoms with van der Waals surface area (Å²) < 4.78 is 10.9. The number of halogens is 1. The Hall–Kier alpha value is -3.97. The van der Waals surface area contributed by atoms with Crippen molar-refractivity contribution in [2.45, 2.75) is 13.0 Å². The maximum absolute atomic E-state index is 13.4. The average Bonchev–Trinajstić information content (AvgIpc) is 3.14. The lowest BCUT2D eigenvalue weighted by atomic mass is 9.94. The van der Waals surface area contributed by atoms with Crippen LogP contribution in [0.4, 0.5) is 11.4 Å². The predicted octanol–water partition coefficient (Wildman–Crippen LogP) is 5.44. The molecular formula is C28H27ClN2O5. The zero-order valence-corrected chi connectivity index (χ0v) is 21.2. The molecule has 0 saturated carbocycles. The van der Waals surface area contributed by atoms with Gasteiger partial charge in [0.1, 0.15) is 17.3 Å². The fourth-order valence-electron chi connectivity index (χ4n) is 4.22. The molecule has 36 heavy (non-hydrogen) atoms. The third kappa shape index (κ3) is 4.62. The summed E-state index contributed by atoms with van der Waals surface area (Å²) in [6.45, 7) is 2.32. The van der Waals surface area contributed by atoms with E-state index < -0.39 is 17.7 Å². The number of hydrogen-bond donors (Lipinski definition) is 1. The molecule has 8 heteroatoms. The van der Waals surface area contributed by atoms with E-state index in [1.165, 1.54) is 18.1 Å². The minimum Gasteiger partial charge on any atom is -0.507 e. The number of aliphatic hydroxyl groups excluding tert-OH is 1. The van der Waals surface area contributed by atoms with Crippen molar-refractivity contribution in [1.29, 1.82) is 0 Å². The molecular weight excluding hydrogens is 480 g/mol. The summed E-state index contributed by atoms with van der Waals surface area (Å²) in [6, 6.07) is 18.3. The van der Waals surface area contributed by atoms with Crippen molar-refractivity contribution in [2.75, 3.05) is 37.6 Å². The zero-order chi connectivity index (χ0) is 26.0. The van der Waals surface area contributed by atoms with Gasteiger partial charge in [0, 0.05) is 31.0 Å². The molecule has 1 atom stereocenters. The summed E-state index contributed by atoms with van der Waals surface area (Å²) in [5.74, 6) is -0.904. The number of rotatable bonds is 7. The van der Waals surface area contributed by atoms with Crippen molar-refractivity contribution >= 4 is 40.4 Å². The molecule has 3 aromatic carbocycles. The van der Waals surface area contributed by atoms with Gasteiger partial charge in [0.05, 0.1) is 30.4 Å². The summed E-state index contributed by atoms with van der Waals surface area (Å²) in [6.07, 6.45) is 0.